The van der Waals surface area contributed by atoms with Gasteiger partial charge in [0.1, 0.15) is 5.56 Å². The molecule has 8 nitrogen and oxygen atoms in total. The van der Waals surface area contributed by atoms with Gasteiger partial charge >= 0.3 is 0 Å². The molecule has 3 aromatic carbocycles. The van der Waals surface area contributed by atoms with E-state index in [1.807, 2.05) is 32.9 Å². The summed E-state index contributed by atoms with van der Waals surface area (Å²) in [5, 5.41) is 15.0. The summed E-state index contributed by atoms with van der Waals surface area (Å²) < 4.78 is 83.2. The van der Waals surface area contributed by atoms with E-state index in [1.54, 1.807) is 18.2 Å². The average Bonchev–Trinajstić information content (AvgIpc) is 3.12. The van der Waals surface area contributed by atoms with Gasteiger partial charge in [-0.3, -0.25) is 14.5 Å². The normalized spacial score (nSPS) is 25.3. The third-order valence-electron chi connectivity index (χ3n) is 10.2. The van der Waals surface area contributed by atoms with Crippen molar-refractivity contribution in [2.24, 2.45) is 5.92 Å². The monoisotopic (exact) mass is 729 g/mol. The van der Waals surface area contributed by atoms with Gasteiger partial charge in [-0.2, -0.15) is 0 Å². The first-order valence-electron chi connectivity index (χ1n) is 17.7. The van der Waals surface area contributed by atoms with E-state index in [2.05, 4.69) is 15.5 Å². The van der Waals surface area contributed by atoms with E-state index in [4.69, 9.17) is 9.47 Å². The van der Waals surface area contributed by atoms with Crippen LogP contribution in [0.3, 0.4) is 0 Å². The fourth-order valence-electron chi connectivity index (χ4n) is 7.76. The molecule has 2 aliphatic heterocycles. The van der Waals surface area contributed by atoms with Gasteiger partial charge in [0.05, 0.1) is 24.9 Å². The van der Waals surface area contributed by atoms with Crippen LogP contribution in [0.4, 0.5) is 27.6 Å². The van der Waals surface area contributed by atoms with Crippen LogP contribution in [0.25, 0.3) is 0 Å². The van der Waals surface area contributed by atoms with Crippen molar-refractivity contribution >= 4 is 17.5 Å². The lowest BCUT2D eigenvalue weighted by Gasteiger charge is -2.50. The third-order valence-corrected chi connectivity index (χ3v) is 10.2. The smallest absolute Gasteiger partial charge is 0.261 e. The number of carbonyl (C=O) groups excluding carboxylic acids is 2. The molecule has 2 saturated heterocycles. The number of aliphatic hydroxyl groups is 1. The zero-order valence-corrected chi connectivity index (χ0v) is 29.4. The largest absolute Gasteiger partial charge is 0.392 e. The molecule has 52 heavy (non-hydrogen) atoms. The number of carbonyl (C=O) groups is 2. The number of aliphatic hydroxyl groups excluding tert-OH is 1. The van der Waals surface area contributed by atoms with E-state index in [0.29, 0.717) is 24.4 Å². The van der Waals surface area contributed by atoms with Crippen LogP contribution in [-0.4, -0.2) is 52.1 Å². The maximum atomic E-state index is 14.4. The summed E-state index contributed by atoms with van der Waals surface area (Å²) in [5.41, 5.74) is -0.0216. The number of benzene rings is 3. The SMILES string of the molecule is CC(C)(C)NC(=O)[C@H]1CC[C@H]2CCCC[C@H]2N1C[C@H]1C[C@@H](c2ccc(CO)cc2)O[C@@H](c2cccc(NC(=O)c3c(F)c(F)c(F)c(F)c3F)c2)O1. The molecule has 1 saturated carbocycles. The number of amides is 2. The maximum Gasteiger partial charge on any atom is 0.261 e. The second kappa shape index (κ2) is 15.6. The standard InChI is InChI=1S/C39H44F5N3O5/c1-39(2,3)46-36(49)28-16-15-22-7-4-5-10-27(22)47(28)19-26-18-29(23-13-11-21(20-48)12-14-23)52-38(51-26)24-8-6-9-25(17-24)45-37(50)30-31(40)33(42)35(44)34(43)32(30)41/h6,8-9,11-14,17,22,26-29,38,48H,4-5,7,10,15-16,18-20H2,1-3H3,(H,45,50)(H,46,49)/t22-,26-,27-,28-,29+,38+/m1/s1. The molecule has 0 spiro atoms. The molecule has 280 valence electrons. The number of piperidine rings is 1. The minimum Gasteiger partial charge on any atom is -0.392 e. The van der Waals surface area contributed by atoms with Gasteiger partial charge in [-0.1, -0.05) is 49.2 Å². The van der Waals surface area contributed by atoms with Crippen molar-refractivity contribution in [3.05, 3.63) is 99.9 Å². The lowest BCUT2D eigenvalue weighted by Crippen LogP contribution is -2.61. The summed E-state index contributed by atoms with van der Waals surface area (Å²) in [5.74, 6) is -12.4. The van der Waals surface area contributed by atoms with Crippen LogP contribution < -0.4 is 10.6 Å². The van der Waals surface area contributed by atoms with Crippen molar-refractivity contribution < 1.29 is 46.1 Å². The van der Waals surface area contributed by atoms with Crippen LogP contribution in [0.1, 0.15) is 105 Å². The number of nitrogens with one attached hydrogen (secondary N) is 2. The summed E-state index contributed by atoms with van der Waals surface area (Å²) in [6.45, 7) is 6.20. The highest BCUT2D eigenvalue weighted by Gasteiger charge is 2.44. The zero-order chi connectivity index (χ0) is 37.3. The summed E-state index contributed by atoms with van der Waals surface area (Å²) >= 11 is 0. The Bertz CT molecular complexity index is 1760. The molecule has 6 atom stereocenters. The molecule has 6 rings (SSSR count). The first-order chi connectivity index (χ1) is 24.7. The first kappa shape index (κ1) is 37.8. The lowest BCUT2D eigenvalue weighted by molar-refractivity contribution is -0.255. The maximum absolute atomic E-state index is 14.4. The molecular formula is C39H44F5N3O5. The Kier molecular flexibility index (Phi) is 11.3. The minimum atomic E-state index is -2.36. The molecule has 2 amide bonds. The van der Waals surface area contributed by atoms with E-state index in [1.165, 1.54) is 18.2 Å². The molecular weight excluding hydrogens is 685 g/mol. The summed E-state index contributed by atoms with van der Waals surface area (Å²) in [6.07, 6.45) is 4.59. The Hall–Kier alpha value is -3.91. The molecule has 2 heterocycles. The molecule has 1 aliphatic carbocycles. The fraction of sp³-hybridized carbons (Fsp3) is 0.487. The van der Waals surface area contributed by atoms with E-state index in [0.717, 1.165) is 49.7 Å². The average molecular weight is 730 g/mol. The van der Waals surface area contributed by atoms with Crippen molar-refractivity contribution in [1.82, 2.24) is 10.2 Å². The van der Waals surface area contributed by atoms with E-state index >= 15 is 0 Å². The summed E-state index contributed by atoms with van der Waals surface area (Å²) in [7, 11) is 0. The van der Waals surface area contributed by atoms with Gasteiger partial charge in [-0.15, -0.1) is 0 Å². The van der Waals surface area contributed by atoms with Crippen molar-refractivity contribution in [3.8, 4) is 0 Å². The minimum absolute atomic E-state index is 0.00427. The highest BCUT2D eigenvalue weighted by molar-refractivity contribution is 6.04. The third kappa shape index (κ3) is 8.17. The number of fused-ring (bicyclic) bond motifs is 1. The van der Waals surface area contributed by atoms with Gasteiger partial charge in [0.2, 0.25) is 11.7 Å². The number of halogens is 5. The van der Waals surface area contributed by atoms with Crippen molar-refractivity contribution in [2.75, 3.05) is 11.9 Å². The highest BCUT2D eigenvalue weighted by atomic mass is 19.2. The van der Waals surface area contributed by atoms with Crippen LogP contribution >= 0.6 is 0 Å². The van der Waals surface area contributed by atoms with Gasteiger partial charge in [-0.05, 0) is 75.6 Å². The Morgan fingerprint density at radius 2 is 1.52 bits per heavy atom. The summed E-state index contributed by atoms with van der Waals surface area (Å²) in [6, 6.07) is 13.3. The van der Waals surface area contributed by atoms with Crippen LogP contribution in [-0.2, 0) is 20.9 Å². The second-order valence-corrected chi connectivity index (χ2v) is 15.0. The van der Waals surface area contributed by atoms with E-state index < -0.39 is 64.6 Å². The topological polar surface area (TPSA) is 100 Å². The molecule has 0 bridgehead atoms. The predicted octanol–water partition coefficient (Wildman–Crippen LogP) is 7.61. The fourth-order valence-corrected chi connectivity index (χ4v) is 7.76. The number of ether oxygens (including phenoxy) is 2. The Morgan fingerprint density at radius 3 is 2.19 bits per heavy atom. The van der Waals surface area contributed by atoms with Crippen molar-refractivity contribution in [3.63, 3.8) is 0 Å². The second-order valence-electron chi connectivity index (χ2n) is 15.0. The molecule has 3 aromatic rings. The van der Waals surface area contributed by atoms with Gasteiger partial charge in [0.15, 0.2) is 29.6 Å². The zero-order valence-electron chi connectivity index (χ0n) is 29.4. The van der Waals surface area contributed by atoms with Crippen LogP contribution in [0.5, 0.6) is 0 Å². The number of rotatable bonds is 8. The number of nitrogens with zero attached hydrogens (tertiary/aromatic N) is 1. The molecule has 0 unspecified atom stereocenters. The number of hydrogen-bond acceptors (Lipinski definition) is 6. The van der Waals surface area contributed by atoms with E-state index in [9.17, 15) is 36.6 Å². The van der Waals surface area contributed by atoms with Crippen LogP contribution in [0.15, 0.2) is 48.5 Å². The number of hydrogen-bond donors (Lipinski definition) is 3. The Balaban J connectivity index is 1.29. The first-order valence-corrected chi connectivity index (χ1v) is 17.7. The molecule has 3 fully saturated rings. The Labute approximate surface area is 299 Å². The highest BCUT2D eigenvalue weighted by Crippen LogP contribution is 2.42. The molecule has 0 radical (unpaired) electrons. The van der Waals surface area contributed by atoms with Crippen molar-refractivity contribution in [2.45, 2.75) is 108 Å². The number of anilines is 1. The van der Waals surface area contributed by atoms with E-state index in [-0.39, 0.29) is 30.3 Å². The Morgan fingerprint density at radius 1 is 0.846 bits per heavy atom. The quantitative estimate of drug-likeness (QED) is 0.126. The van der Waals surface area contributed by atoms with Crippen LogP contribution in [0, 0.1) is 35.0 Å². The van der Waals surface area contributed by atoms with Gasteiger partial charge in [-0.25, -0.2) is 22.0 Å². The predicted molar refractivity (Wildman–Crippen MR) is 182 cm³/mol. The molecule has 0 aromatic heterocycles. The molecule has 13 heteroatoms. The van der Waals surface area contributed by atoms with Crippen molar-refractivity contribution in [1.29, 1.82) is 0 Å². The lowest BCUT2D eigenvalue weighted by atomic mass is 9.75. The van der Waals surface area contributed by atoms with Gasteiger partial charge in [0, 0.05) is 35.8 Å². The number of likely N-dealkylation sites (tertiary alicyclic amines) is 1. The van der Waals surface area contributed by atoms with Gasteiger partial charge in [0.25, 0.3) is 5.91 Å². The molecule has 3 N–H and O–H groups in total. The van der Waals surface area contributed by atoms with Crippen LogP contribution in [0.2, 0.25) is 0 Å². The molecule has 3 aliphatic rings. The summed E-state index contributed by atoms with van der Waals surface area (Å²) in [4.78, 5) is 28.9. The van der Waals surface area contributed by atoms with Gasteiger partial charge < -0.3 is 25.2 Å².